The zero-order chi connectivity index (χ0) is 14.5. The van der Waals surface area contributed by atoms with Crippen LogP contribution in [0.15, 0.2) is 0 Å². The van der Waals surface area contributed by atoms with Crippen molar-refractivity contribution in [3.63, 3.8) is 0 Å². The van der Waals surface area contributed by atoms with E-state index in [0.717, 1.165) is 6.42 Å². The Morgan fingerprint density at radius 3 is 1.60 bits per heavy atom. The lowest BCUT2D eigenvalue weighted by Gasteiger charge is -2.02. The maximum Gasteiger partial charge on any atom is 0.0863 e. The second-order valence-corrected chi connectivity index (χ2v) is 6.40. The van der Waals surface area contributed by atoms with Crippen LogP contribution in [-0.2, 0) is 4.74 Å². The van der Waals surface area contributed by atoms with Gasteiger partial charge < -0.3 is 9.84 Å². The molecule has 0 aromatic carbocycles. The lowest BCUT2D eigenvalue weighted by Crippen LogP contribution is -1.96. The van der Waals surface area contributed by atoms with Crippen LogP contribution >= 0.6 is 0 Å². The summed E-state index contributed by atoms with van der Waals surface area (Å²) in [6.45, 7) is 2.56. The monoisotopic (exact) mass is 284 g/mol. The van der Waals surface area contributed by atoms with Crippen LogP contribution in [0.1, 0.15) is 96.8 Å². The molecule has 1 rings (SSSR count). The number of epoxide rings is 1. The Hall–Kier alpha value is -0.0800. The largest absolute Gasteiger partial charge is 0.396 e. The number of hydrogen-bond donors (Lipinski definition) is 1. The molecule has 2 heteroatoms. The van der Waals surface area contributed by atoms with E-state index in [9.17, 15) is 0 Å². The van der Waals surface area contributed by atoms with Gasteiger partial charge in [0.05, 0.1) is 12.2 Å². The molecule has 1 heterocycles. The summed E-state index contributed by atoms with van der Waals surface area (Å²) in [5.41, 5.74) is 0. The van der Waals surface area contributed by atoms with Crippen LogP contribution in [0.2, 0.25) is 0 Å². The first-order valence-electron chi connectivity index (χ1n) is 9.14. The minimum atomic E-state index is 0.277. The van der Waals surface area contributed by atoms with Crippen LogP contribution in [-0.4, -0.2) is 23.9 Å². The van der Waals surface area contributed by atoms with E-state index in [1.54, 1.807) is 0 Å². The highest BCUT2D eigenvalue weighted by Crippen LogP contribution is 2.29. The van der Waals surface area contributed by atoms with E-state index in [1.165, 1.54) is 83.5 Å². The van der Waals surface area contributed by atoms with Crippen molar-refractivity contribution in [1.82, 2.24) is 0 Å². The van der Waals surface area contributed by atoms with Crippen LogP contribution in [0.4, 0.5) is 0 Å². The van der Waals surface area contributed by atoms with Gasteiger partial charge in [-0.15, -0.1) is 0 Å². The van der Waals surface area contributed by atoms with Crippen molar-refractivity contribution in [2.75, 3.05) is 6.61 Å². The van der Waals surface area contributed by atoms with Crippen LogP contribution in [0.25, 0.3) is 0 Å². The molecule has 120 valence electrons. The van der Waals surface area contributed by atoms with Crippen molar-refractivity contribution in [3.8, 4) is 0 Å². The maximum atomic E-state index is 8.79. The van der Waals surface area contributed by atoms with Crippen molar-refractivity contribution < 1.29 is 9.84 Å². The lowest BCUT2D eigenvalue weighted by atomic mass is 10.0. The molecule has 0 aromatic rings. The molecule has 0 amide bonds. The predicted molar refractivity (Wildman–Crippen MR) is 86.1 cm³/mol. The molecule has 2 atom stereocenters. The Bertz CT molecular complexity index is 206. The second kappa shape index (κ2) is 12.6. The number of aliphatic hydroxyl groups is 1. The number of ether oxygens (including phenoxy) is 1. The average molecular weight is 284 g/mol. The molecule has 0 bridgehead atoms. The summed E-state index contributed by atoms with van der Waals surface area (Å²) in [5, 5.41) is 8.79. The van der Waals surface area contributed by atoms with Gasteiger partial charge in [0.1, 0.15) is 0 Å². The molecular weight excluding hydrogens is 248 g/mol. The van der Waals surface area contributed by atoms with Crippen LogP contribution < -0.4 is 0 Å². The highest BCUT2D eigenvalue weighted by atomic mass is 16.6. The summed E-state index contributed by atoms with van der Waals surface area (Å²) in [5.74, 6) is 0. The van der Waals surface area contributed by atoms with E-state index >= 15 is 0 Å². The molecular formula is C18H36O2. The second-order valence-electron chi connectivity index (χ2n) is 6.40. The van der Waals surface area contributed by atoms with Gasteiger partial charge in [-0.1, -0.05) is 84.0 Å². The van der Waals surface area contributed by atoms with Gasteiger partial charge in [-0.2, -0.15) is 0 Å². The summed E-state index contributed by atoms with van der Waals surface area (Å²) < 4.78 is 5.50. The van der Waals surface area contributed by atoms with Gasteiger partial charge in [0.2, 0.25) is 0 Å². The van der Waals surface area contributed by atoms with E-state index < -0.39 is 0 Å². The number of rotatable bonds is 15. The third-order valence-electron chi connectivity index (χ3n) is 4.44. The normalized spacial score (nSPS) is 21.3. The fraction of sp³-hybridized carbons (Fsp3) is 1.00. The van der Waals surface area contributed by atoms with E-state index in [2.05, 4.69) is 6.92 Å². The van der Waals surface area contributed by atoms with Gasteiger partial charge in [0.25, 0.3) is 0 Å². The molecule has 0 aromatic heterocycles. The predicted octanol–water partition coefficient (Wildman–Crippen LogP) is 5.23. The summed E-state index contributed by atoms with van der Waals surface area (Å²) in [7, 11) is 0. The zero-order valence-electron chi connectivity index (χ0n) is 13.6. The zero-order valence-corrected chi connectivity index (χ0v) is 13.6. The average Bonchev–Trinajstić information content (AvgIpc) is 3.19. The SMILES string of the molecule is CCCCCCCCCCCCCC[C@H]1O[C@H]1CCO. The Balaban J connectivity index is 1.67. The molecule has 0 radical (unpaired) electrons. The van der Waals surface area contributed by atoms with Gasteiger partial charge in [-0.25, -0.2) is 0 Å². The molecule has 1 aliphatic heterocycles. The maximum absolute atomic E-state index is 8.79. The first kappa shape index (κ1) is 18.0. The van der Waals surface area contributed by atoms with Crippen molar-refractivity contribution in [2.45, 2.75) is 109 Å². The molecule has 0 saturated carbocycles. The molecule has 0 aliphatic carbocycles. The third-order valence-corrected chi connectivity index (χ3v) is 4.44. The Morgan fingerprint density at radius 1 is 0.650 bits per heavy atom. The minimum Gasteiger partial charge on any atom is -0.396 e. The van der Waals surface area contributed by atoms with Gasteiger partial charge in [0, 0.05) is 6.61 Å². The highest BCUT2D eigenvalue weighted by Gasteiger charge is 2.36. The fourth-order valence-electron chi connectivity index (χ4n) is 3.00. The lowest BCUT2D eigenvalue weighted by molar-refractivity contribution is 0.262. The number of unbranched alkanes of at least 4 members (excludes halogenated alkanes) is 11. The van der Waals surface area contributed by atoms with Crippen molar-refractivity contribution in [2.24, 2.45) is 0 Å². The number of aliphatic hydroxyl groups excluding tert-OH is 1. The standard InChI is InChI=1S/C18H36O2/c1-2-3-4-5-6-7-8-9-10-11-12-13-14-17-18(20-17)15-16-19/h17-19H,2-16H2,1H3/t17-,18+/m1/s1. The van der Waals surface area contributed by atoms with Crippen molar-refractivity contribution in [3.05, 3.63) is 0 Å². The van der Waals surface area contributed by atoms with E-state index in [4.69, 9.17) is 9.84 Å². The van der Waals surface area contributed by atoms with Crippen LogP contribution in [0.5, 0.6) is 0 Å². The van der Waals surface area contributed by atoms with E-state index in [0.29, 0.717) is 12.2 Å². The van der Waals surface area contributed by atoms with Crippen LogP contribution in [0, 0.1) is 0 Å². The van der Waals surface area contributed by atoms with E-state index in [-0.39, 0.29) is 6.61 Å². The quantitative estimate of drug-likeness (QED) is 0.330. The molecule has 2 nitrogen and oxygen atoms in total. The first-order chi connectivity index (χ1) is 9.88. The molecule has 1 N–H and O–H groups in total. The van der Waals surface area contributed by atoms with Crippen LogP contribution in [0.3, 0.4) is 0 Å². The topological polar surface area (TPSA) is 32.8 Å². The Morgan fingerprint density at radius 2 is 1.10 bits per heavy atom. The summed E-state index contributed by atoms with van der Waals surface area (Å²) in [6.07, 6.45) is 19.8. The highest BCUT2D eigenvalue weighted by molar-refractivity contribution is 4.83. The van der Waals surface area contributed by atoms with Gasteiger partial charge in [-0.05, 0) is 12.8 Å². The van der Waals surface area contributed by atoms with E-state index in [1.807, 2.05) is 0 Å². The molecule has 1 saturated heterocycles. The number of hydrogen-bond acceptors (Lipinski definition) is 2. The fourth-order valence-corrected chi connectivity index (χ4v) is 3.00. The third kappa shape index (κ3) is 9.77. The van der Waals surface area contributed by atoms with Crippen molar-refractivity contribution >= 4 is 0 Å². The summed E-state index contributed by atoms with van der Waals surface area (Å²) in [6, 6.07) is 0. The van der Waals surface area contributed by atoms with Gasteiger partial charge in [-0.3, -0.25) is 0 Å². The summed E-state index contributed by atoms with van der Waals surface area (Å²) >= 11 is 0. The molecule has 20 heavy (non-hydrogen) atoms. The molecule has 0 spiro atoms. The smallest absolute Gasteiger partial charge is 0.0863 e. The Labute approximate surface area is 126 Å². The molecule has 1 fully saturated rings. The van der Waals surface area contributed by atoms with Crippen molar-refractivity contribution in [1.29, 1.82) is 0 Å². The molecule has 0 unspecified atom stereocenters. The first-order valence-corrected chi connectivity index (χ1v) is 9.14. The van der Waals surface area contributed by atoms with Gasteiger partial charge >= 0.3 is 0 Å². The molecule has 1 aliphatic rings. The van der Waals surface area contributed by atoms with Gasteiger partial charge in [0.15, 0.2) is 0 Å². The summed E-state index contributed by atoms with van der Waals surface area (Å²) in [4.78, 5) is 0. The minimum absolute atomic E-state index is 0.277. The Kier molecular flexibility index (Phi) is 11.4.